The average molecular weight is 221 g/mol. The Morgan fingerprint density at radius 3 is 2.94 bits per heavy atom. The molecule has 0 fully saturated rings. The maximum Gasteiger partial charge on any atom is 0.308 e. The Labute approximate surface area is 94.0 Å². The van der Waals surface area contributed by atoms with Crippen LogP contribution in [0.4, 0.5) is 0 Å². The molecule has 4 nitrogen and oxygen atoms in total. The molecule has 0 amide bonds. The van der Waals surface area contributed by atoms with Crippen LogP contribution in [-0.2, 0) is 11.2 Å². The van der Waals surface area contributed by atoms with Gasteiger partial charge < -0.3 is 15.6 Å². The summed E-state index contributed by atoms with van der Waals surface area (Å²) in [6, 6.07) is 5.22. The van der Waals surface area contributed by atoms with Crippen molar-refractivity contribution < 1.29 is 14.6 Å². The van der Waals surface area contributed by atoms with Gasteiger partial charge in [-0.1, -0.05) is 6.07 Å². The highest BCUT2D eigenvalue weighted by molar-refractivity contribution is 5.72. The lowest BCUT2D eigenvalue weighted by molar-refractivity contribution is -0.143. The predicted molar refractivity (Wildman–Crippen MR) is 59.4 cm³/mol. The molecule has 4 heteroatoms. The molecule has 0 heterocycles. The molecule has 1 aromatic rings. The molecule has 86 valence electrons. The minimum atomic E-state index is -0.811. The SMILES string of the molecule is COc1ccc2c(c1)CCC(C(=O)O)C2N. The molecular formula is C12H15NO3. The lowest BCUT2D eigenvalue weighted by atomic mass is 9.80. The van der Waals surface area contributed by atoms with Crippen LogP contribution in [0.15, 0.2) is 18.2 Å². The number of rotatable bonds is 2. The summed E-state index contributed by atoms with van der Waals surface area (Å²) >= 11 is 0. The van der Waals surface area contributed by atoms with E-state index in [1.807, 2.05) is 18.2 Å². The van der Waals surface area contributed by atoms with Crippen LogP contribution >= 0.6 is 0 Å². The van der Waals surface area contributed by atoms with Gasteiger partial charge in [-0.15, -0.1) is 0 Å². The summed E-state index contributed by atoms with van der Waals surface area (Å²) in [5.41, 5.74) is 7.99. The summed E-state index contributed by atoms with van der Waals surface area (Å²) in [7, 11) is 1.62. The molecule has 0 saturated heterocycles. The number of carbonyl (C=O) groups is 1. The first kappa shape index (κ1) is 11.0. The van der Waals surface area contributed by atoms with E-state index in [-0.39, 0.29) is 0 Å². The fraction of sp³-hybridized carbons (Fsp3) is 0.417. The van der Waals surface area contributed by atoms with Gasteiger partial charge in [0.1, 0.15) is 5.75 Å². The van der Waals surface area contributed by atoms with Gasteiger partial charge in [-0.25, -0.2) is 0 Å². The van der Waals surface area contributed by atoms with Crippen LogP contribution in [0.3, 0.4) is 0 Å². The van der Waals surface area contributed by atoms with Gasteiger partial charge in [0.05, 0.1) is 13.0 Å². The number of aryl methyl sites for hydroxylation is 1. The first-order valence-corrected chi connectivity index (χ1v) is 5.28. The predicted octanol–water partition coefficient (Wildman–Crippen LogP) is 1.34. The molecule has 2 unspecified atom stereocenters. The topological polar surface area (TPSA) is 72.5 Å². The number of aliphatic carboxylic acids is 1. The van der Waals surface area contributed by atoms with Crippen LogP contribution in [0.1, 0.15) is 23.6 Å². The molecule has 2 atom stereocenters. The normalized spacial score (nSPS) is 23.6. The number of carboxylic acid groups (broad SMARTS) is 1. The van der Waals surface area contributed by atoms with Crippen molar-refractivity contribution in [2.24, 2.45) is 11.7 Å². The highest BCUT2D eigenvalue weighted by atomic mass is 16.5. The molecule has 1 aromatic carbocycles. The van der Waals surface area contributed by atoms with Crippen LogP contribution in [0.5, 0.6) is 5.75 Å². The van der Waals surface area contributed by atoms with Gasteiger partial charge in [0.15, 0.2) is 0 Å². The number of hydrogen-bond acceptors (Lipinski definition) is 3. The number of ether oxygens (including phenoxy) is 1. The molecule has 1 aliphatic carbocycles. The van der Waals surface area contributed by atoms with E-state index in [0.29, 0.717) is 6.42 Å². The van der Waals surface area contributed by atoms with Crippen molar-refractivity contribution in [3.63, 3.8) is 0 Å². The maximum absolute atomic E-state index is 11.0. The van der Waals surface area contributed by atoms with E-state index >= 15 is 0 Å². The van der Waals surface area contributed by atoms with Gasteiger partial charge in [0.25, 0.3) is 0 Å². The Kier molecular flexibility index (Phi) is 2.83. The monoisotopic (exact) mass is 221 g/mol. The summed E-state index contributed by atoms with van der Waals surface area (Å²) in [5, 5.41) is 9.03. The van der Waals surface area contributed by atoms with Gasteiger partial charge in [-0.3, -0.25) is 4.79 Å². The first-order chi connectivity index (χ1) is 7.63. The van der Waals surface area contributed by atoms with Crippen molar-refractivity contribution >= 4 is 5.97 Å². The molecular weight excluding hydrogens is 206 g/mol. The standard InChI is InChI=1S/C12H15NO3/c1-16-8-3-5-9-7(6-8)2-4-10(11(9)13)12(14)15/h3,5-6,10-11H,2,4,13H2,1H3,(H,14,15). The number of hydrogen-bond donors (Lipinski definition) is 2. The summed E-state index contributed by atoms with van der Waals surface area (Å²) < 4.78 is 5.13. The van der Waals surface area contributed by atoms with Crippen LogP contribution in [0.25, 0.3) is 0 Å². The van der Waals surface area contributed by atoms with Gasteiger partial charge in [0, 0.05) is 6.04 Å². The third-order valence-corrected chi connectivity index (χ3v) is 3.18. The van der Waals surface area contributed by atoms with E-state index in [9.17, 15) is 4.79 Å². The summed E-state index contributed by atoms with van der Waals surface area (Å²) in [6.07, 6.45) is 1.34. The maximum atomic E-state index is 11.0. The van der Waals surface area contributed by atoms with Crippen molar-refractivity contribution in [3.05, 3.63) is 29.3 Å². The largest absolute Gasteiger partial charge is 0.497 e. The van der Waals surface area contributed by atoms with Crippen molar-refractivity contribution in [2.75, 3.05) is 7.11 Å². The van der Waals surface area contributed by atoms with Gasteiger partial charge in [-0.05, 0) is 36.1 Å². The summed E-state index contributed by atoms with van der Waals surface area (Å²) in [5.74, 6) is -0.491. The minimum Gasteiger partial charge on any atom is -0.497 e. The summed E-state index contributed by atoms with van der Waals surface area (Å²) in [6.45, 7) is 0. The number of fused-ring (bicyclic) bond motifs is 1. The third kappa shape index (κ3) is 1.76. The molecule has 0 radical (unpaired) electrons. The van der Waals surface area contributed by atoms with Crippen LogP contribution in [0, 0.1) is 5.92 Å². The van der Waals surface area contributed by atoms with Gasteiger partial charge in [-0.2, -0.15) is 0 Å². The van der Waals surface area contributed by atoms with E-state index in [1.54, 1.807) is 7.11 Å². The van der Waals surface area contributed by atoms with E-state index < -0.39 is 17.9 Å². The number of methoxy groups -OCH3 is 1. The quantitative estimate of drug-likeness (QED) is 0.790. The zero-order valence-corrected chi connectivity index (χ0v) is 9.14. The minimum absolute atomic E-state index is 0.410. The molecule has 0 aromatic heterocycles. The van der Waals surface area contributed by atoms with E-state index in [0.717, 1.165) is 23.3 Å². The fourth-order valence-corrected chi connectivity index (χ4v) is 2.24. The average Bonchev–Trinajstić information content (AvgIpc) is 2.28. The number of carboxylic acids is 1. The van der Waals surface area contributed by atoms with Crippen molar-refractivity contribution in [2.45, 2.75) is 18.9 Å². The van der Waals surface area contributed by atoms with Crippen LogP contribution in [0.2, 0.25) is 0 Å². The van der Waals surface area contributed by atoms with Gasteiger partial charge in [0.2, 0.25) is 0 Å². The van der Waals surface area contributed by atoms with E-state index in [1.165, 1.54) is 0 Å². The molecule has 0 aliphatic heterocycles. The second-order valence-corrected chi connectivity index (χ2v) is 4.07. The Morgan fingerprint density at radius 2 is 2.31 bits per heavy atom. The zero-order chi connectivity index (χ0) is 11.7. The Bertz CT molecular complexity index is 417. The molecule has 1 aliphatic rings. The zero-order valence-electron chi connectivity index (χ0n) is 9.14. The number of benzene rings is 1. The Hall–Kier alpha value is -1.55. The lowest BCUT2D eigenvalue weighted by Crippen LogP contribution is -2.32. The molecule has 0 saturated carbocycles. The summed E-state index contributed by atoms with van der Waals surface area (Å²) in [4.78, 5) is 11.0. The lowest BCUT2D eigenvalue weighted by Gasteiger charge is -2.28. The second kappa shape index (κ2) is 4.14. The number of nitrogens with two attached hydrogens (primary N) is 1. The third-order valence-electron chi connectivity index (χ3n) is 3.18. The van der Waals surface area contributed by atoms with E-state index in [4.69, 9.17) is 15.6 Å². The Morgan fingerprint density at radius 1 is 1.56 bits per heavy atom. The second-order valence-electron chi connectivity index (χ2n) is 4.07. The van der Waals surface area contributed by atoms with Crippen LogP contribution in [-0.4, -0.2) is 18.2 Å². The highest BCUT2D eigenvalue weighted by Crippen LogP contribution is 2.34. The van der Waals surface area contributed by atoms with Gasteiger partial charge >= 0.3 is 5.97 Å². The molecule has 3 N–H and O–H groups in total. The molecule has 0 spiro atoms. The van der Waals surface area contributed by atoms with Crippen molar-refractivity contribution in [3.8, 4) is 5.75 Å². The van der Waals surface area contributed by atoms with Crippen molar-refractivity contribution in [1.29, 1.82) is 0 Å². The smallest absolute Gasteiger partial charge is 0.308 e. The van der Waals surface area contributed by atoms with E-state index in [2.05, 4.69) is 0 Å². The molecule has 2 rings (SSSR count). The Balaban J connectivity index is 2.35. The van der Waals surface area contributed by atoms with Crippen LogP contribution < -0.4 is 10.5 Å². The van der Waals surface area contributed by atoms with Crippen molar-refractivity contribution in [1.82, 2.24) is 0 Å². The fourth-order valence-electron chi connectivity index (χ4n) is 2.24. The first-order valence-electron chi connectivity index (χ1n) is 5.28. The molecule has 0 bridgehead atoms. The molecule has 16 heavy (non-hydrogen) atoms. The highest BCUT2D eigenvalue weighted by Gasteiger charge is 2.31.